The van der Waals surface area contributed by atoms with E-state index in [1.807, 2.05) is 30.5 Å². The third-order valence-corrected chi connectivity index (χ3v) is 6.42. The first kappa shape index (κ1) is 20.2. The Morgan fingerprint density at radius 1 is 1.00 bits per heavy atom. The highest BCUT2D eigenvalue weighted by Crippen LogP contribution is 2.29. The first-order valence-corrected chi connectivity index (χ1v) is 11.1. The summed E-state index contributed by atoms with van der Waals surface area (Å²) in [5, 5.41) is 3.31. The van der Waals surface area contributed by atoms with E-state index in [1.54, 1.807) is 6.08 Å². The first-order chi connectivity index (χ1) is 15.5. The summed E-state index contributed by atoms with van der Waals surface area (Å²) in [5.41, 5.74) is 4.19. The second kappa shape index (κ2) is 8.11. The SMILES string of the molecule is Cc1ccc(Cn2cc(/C=C3\C(=O)NC(=O)N(C4CCCC4)C3=O)c3ccccc32)cc1. The smallest absolute Gasteiger partial charge is 0.331 e. The Kier molecular flexibility index (Phi) is 5.13. The molecule has 4 amide bonds. The monoisotopic (exact) mass is 427 g/mol. The zero-order chi connectivity index (χ0) is 22.2. The quantitative estimate of drug-likeness (QED) is 0.495. The van der Waals surface area contributed by atoms with E-state index in [0.717, 1.165) is 42.1 Å². The summed E-state index contributed by atoms with van der Waals surface area (Å²) in [4.78, 5) is 39.4. The van der Waals surface area contributed by atoms with Gasteiger partial charge < -0.3 is 4.57 Å². The van der Waals surface area contributed by atoms with Crippen LogP contribution in [0.3, 0.4) is 0 Å². The minimum atomic E-state index is -0.635. The van der Waals surface area contributed by atoms with Gasteiger partial charge in [-0.3, -0.25) is 19.8 Å². The van der Waals surface area contributed by atoms with Crippen molar-refractivity contribution in [1.29, 1.82) is 0 Å². The standard InChI is InChI=1S/C26H25N3O3/c1-17-10-12-18(13-11-17)15-28-16-19(21-8-4-5-9-23(21)28)14-22-24(30)27-26(32)29(25(22)31)20-6-2-3-7-20/h4-5,8-14,16,20H,2-3,6-7,15H2,1H3,(H,27,30,32)/b22-14+. The summed E-state index contributed by atoms with van der Waals surface area (Å²) < 4.78 is 2.12. The van der Waals surface area contributed by atoms with Crippen LogP contribution >= 0.6 is 0 Å². The molecule has 2 heterocycles. The van der Waals surface area contributed by atoms with Crippen molar-refractivity contribution in [2.75, 3.05) is 0 Å². The summed E-state index contributed by atoms with van der Waals surface area (Å²) in [6, 6.07) is 15.6. The third-order valence-electron chi connectivity index (χ3n) is 6.42. The fourth-order valence-electron chi connectivity index (χ4n) is 4.73. The van der Waals surface area contributed by atoms with Gasteiger partial charge >= 0.3 is 6.03 Å². The van der Waals surface area contributed by atoms with Gasteiger partial charge in [-0.05, 0) is 37.5 Å². The number of nitrogens with one attached hydrogen (secondary N) is 1. The van der Waals surface area contributed by atoms with E-state index in [0.29, 0.717) is 6.54 Å². The number of aryl methyl sites for hydroxylation is 1. The third kappa shape index (κ3) is 3.62. The molecule has 162 valence electrons. The number of carbonyl (C=O) groups is 3. The number of amides is 4. The van der Waals surface area contributed by atoms with Crippen LogP contribution in [0, 0.1) is 6.92 Å². The lowest BCUT2D eigenvalue weighted by Crippen LogP contribution is -2.57. The Balaban J connectivity index is 1.53. The van der Waals surface area contributed by atoms with Crippen molar-refractivity contribution in [3.8, 4) is 0 Å². The topological polar surface area (TPSA) is 71.4 Å². The number of urea groups is 1. The average molecular weight is 428 g/mol. The van der Waals surface area contributed by atoms with E-state index in [4.69, 9.17) is 0 Å². The molecule has 0 spiro atoms. The summed E-state index contributed by atoms with van der Waals surface area (Å²) in [7, 11) is 0. The molecular formula is C26H25N3O3. The zero-order valence-electron chi connectivity index (χ0n) is 18.0. The number of imide groups is 2. The molecule has 2 fully saturated rings. The van der Waals surface area contributed by atoms with Crippen molar-refractivity contribution in [2.24, 2.45) is 0 Å². The number of carbonyl (C=O) groups excluding carboxylic acids is 3. The van der Waals surface area contributed by atoms with Crippen molar-refractivity contribution in [3.63, 3.8) is 0 Å². The number of benzene rings is 2. The van der Waals surface area contributed by atoms with Gasteiger partial charge in [-0.25, -0.2) is 4.79 Å². The van der Waals surface area contributed by atoms with Crippen LogP contribution < -0.4 is 5.32 Å². The van der Waals surface area contributed by atoms with Crippen molar-refractivity contribution in [3.05, 3.63) is 77.0 Å². The Morgan fingerprint density at radius 2 is 1.72 bits per heavy atom. The van der Waals surface area contributed by atoms with Crippen molar-refractivity contribution in [2.45, 2.75) is 45.2 Å². The van der Waals surface area contributed by atoms with Gasteiger partial charge in [0.15, 0.2) is 0 Å². The molecule has 3 aromatic rings. The number of aromatic nitrogens is 1. The maximum Gasteiger partial charge on any atom is 0.331 e. The molecule has 1 N–H and O–H groups in total. The van der Waals surface area contributed by atoms with Crippen LogP contribution in [0.5, 0.6) is 0 Å². The van der Waals surface area contributed by atoms with Crippen molar-refractivity contribution in [1.82, 2.24) is 14.8 Å². The number of hydrogen-bond acceptors (Lipinski definition) is 3. The molecule has 0 bridgehead atoms. The molecule has 1 saturated carbocycles. The van der Waals surface area contributed by atoms with E-state index in [2.05, 4.69) is 41.1 Å². The highest BCUT2D eigenvalue weighted by Gasteiger charge is 2.40. The van der Waals surface area contributed by atoms with Gasteiger partial charge in [0.1, 0.15) is 5.57 Å². The van der Waals surface area contributed by atoms with Gasteiger partial charge in [0.25, 0.3) is 11.8 Å². The number of para-hydroxylation sites is 1. The summed E-state index contributed by atoms with van der Waals surface area (Å²) in [6.07, 6.45) is 7.14. The molecule has 6 heteroatoms. The molecule has 2 aliphatic rings. The Hall–Kier alpha value is -3.67. The Morgan fingerprint density at radius 3 is 2.47 bits per heavy atom. The summed E-state index contributed by atoms with van der Waals surface area (Å²) >= 11 is 0. The fraction of sp³-hybridized carbons (Fsp3) is 0.269. The Labute approximate surface area is 186 Å². The molecule has 6 nitrogen and oxygen atoms in total. The van der Waals surface area contributed by atoms with Crippen LogP contribution in [0.15, 0.2) is 60.3 Å². The minimum absolute atomic E-state index is 0.00902. The molecule has 1 aliphatic carbocycles. The van der Waals surface area contributed by atoms with E-state index in [9.17, 15) is 14.4 Å². The number of rotatable bonds is 4. The number of nitrogens with zero attached hydrogens (tertiary/aromatic N) is 2. The molecule has 1 saturated heterocycles. The van der Waals surface area contributed by atoms with Crippen LogP contribution in [-0.4, -0.2) is 33.4 Å². The maximum atomic E-state index is 13.2. The predicted octanol–water partition coefficient (Wildman–Crippen LogP) is 4.40. The van der Waals surface area contributed by atoms with Crippen LogP contribution in [0.1, 0.15) is 42.4 Å². The molecule has 32 heavy (non-hydrogen) atoms. The van der Waals surface area contributed by atoms with E-state index in [1.165, 1.54) is 16.0 Å². The van der Waals surface area contributed by atoms with Gasteiger partial charge in [-0.1, -0.05) is 60.9 Å². The predicted molar refractivity (Wildman–Crippen MR) is 123 cm³/mol. The lowest BCUT2D eigenvalue weighted by molar-refractivity contribution is -0.131. The highest BCUT2D eigenvalue weighted by molar-refractivity contribution is 6.31. The van der Waals surface area contributed by atoms with Gasteiger partial charge in [0.2, 0.25) is 0 Å². The summed E-state index contributed by atoms with van der Waals surface area (Å²) in [6.45, 7) is 2.74. The molecule has 0 atom stereocenters. The van der Waals surface area contributed by atoms with E-state index >= 15 is 0 Å². The number of barbiturate groups is 1. The van der Waals surface area contributed by atoms with Crippen molar-refractivity contribution >= 4 is 34.8 Å². The van der Waals surface area contributed by atoms with Crippen LogP contribution in [-0.2, 0) is 16.1 Å². The van der Waals surface area contributed by atoms with Crippen LogP contribution in [0.2, 0.25) is 0 Å². The normalized spacial score (nSPS) is 18.7. The molecule has 1 aliphatic heterocycles. The fourth-order valence-corrected chi connectivity index (χ4v) is 4.73. The molecular weight excluding hydrogens is 402 g/mol. The second-order valence-corrected chi connectivity index (χ2v) is 8.65. The average Bonchev–Trinajstić information content (AvgIpc) is 3.42. The Bertz CT molecular complexity index is 1250. The van der Waals surface area contributed by atoms with Gasteiger partial charge in [-0.15, -0.1) is 0 Å². The van der Waals surface area contributed by atoms with Crippen LogP contribution in [0.4, 0.5) is 4.79 Å². The maximum absolute atomic E-state index is 13.2. The molecule has 1 aromatic heterocycles. The lowest BCUT2D eigenvalue weighted by atomic mass is 10.0. The van der Waals surface area contributed by atoms with Gasteiger partial charge in [0.05, 0.1) is 0 Å². The zero-order valence-corrected chi connectivity index (χ0v) is 18.0. The van der Waals surface area contributed by atoms with Gasteiger partial charge in [0, 0.05) is 35.2 Å². The lowest BCUT2D eigenvalue weighted by Gasteiger charge is -2.31. The van der Waals surface area contributed by atoms with E-state index < -0.39 is 17.8 Å². The largest absolute Gasteiger partial charge is 0.342 e. The number of fused-ring (bicyclic) bond motifs is 1. The summed E-state index contributed by atoms with van der Waals surface area (Å²) in [5.74, 6) is -1.13. The second-order valence-electron chi connectivity index (χ2n) is 8.65. The highest BCUT2D eigenvalue weighted by atomic mass is 16.2. The first-order valence-electron chi connectivity index (χ1n) is 11.1. The molecule has 2 aromatic carbocycles. The van der Waals surface area contributed by atoms with Gasteiger partial charge in [-0.2, -0.15) is 0 Å². The molecule has 5 rings (SSSR count). The van der Waals surface area contributed by atoms with E-state index in [-0.39, 0.29) is 11.6 Å². The molecule has 0 radical (unpaired) electrons. The number of hydrogen-bond donors (Lipinski definition) is 1. The van der Waals surface area contributed by atoms with Crippen molar-refractivity contribution < 1.29 is 14.4 Å². The molecule has 0 unspecified atom stereocenters. The minimum Gasteiger partial charge on any atom is -0.342 e. The van der Waals surface area contributed by atoms with Crippen LogP contribution in [0.25, 0.3) is 17.0 Å².